The van der Waals surface area contributed by atoms with Crippen molar-refractivity contribution in [3.05, 3.63) is 35.3 Å². The maximum Gasteiger partial charge on any atom is 0.252 e. The van der Waals surface area contributed by atoms with Gasteiger partial charge in [-0.3, -0.25) is 24.0 Å². The quantitative estimate of drug-likeness (QED) is 0.0783. The summed E-state index contributed by atoms with van der Waals surface area (Å²) in [4.78, 5) is 65.3. The summed E-state index contributed by atoms with van der Waals surface area (Å²) < 4.78 is 25.2. The Morgan fingerprint density at radius 2 is 1.42 bits per heavy atom. The number of carbonyl (C=O) groups excluding carboxylic acids is 5. The first-order chi connectivity index (χ1) is 22.3. The Balaban J connectivity index is 3.11. The molecule has 0 bridgehead atoms. The molecule has 0 saturated heterocycles. The summed E-state index contributed by atoms with van der Waals surface area (Å²) in [5.74, 6) is -3.93. The summed E-state index contributed by atoms with van der Waals surface area (Å²) in [6, 6.07) is -2.01. The molecule has 6 atom stereocenters. The van der Waals surface area contributed by atoms with Gasteiger partial charge in [-0.15, -0.1) is 0 Å². The molecular weight excluding hydrogens is 642 g/mol. The topological polar surface area (TPSA) is 219 Å². The number of rotatable bonds is 20. The van der Waals surface area contributed by atoms with Crippen molar-refractivity contribution in [2.45, 2.75) is 98.4 Å². The fourth-order valence-electron chi connectivity index (χ4n) is 4.81. The van der Waals surface area contributed by atoms with Crippen LogP contribution in [0.15, 0.2) is 24.5 Å². The van der Waals surface area contributed by atoms with E-state index >= 15 is 0 Å². The van der Waals surface area contributed by atoms with Gasteiger partial charge in [-0.1, -0.05) is 48.0 Å². The van der Waals surface area contributed by atoms with Crippen molar-refractivity contribution < 1.29 is 37.1 Å². The van der Waals surface area contributed by atoms with Crippen molar-refractivity contribution in [2.75, 3.05) is 25.1 Å². The SMILES string of the molecule is CCNC(=O)[C@@H](NC(=O)[C@H](C)NC[C@H](CC(C)C)NC(=O)C(CS(C)(=O)=O)NC(=O)[C@@H](NC(=O)c1cc[n+]([O-])cc1)[C@@H](C)CC)C(C)C. The first-order valence-corrected chi connectivity index (χ1v) is 18.4. The fourth-order valence-corrected chi connectivity index (χ4v) is 5.65. The summed E-state index contributed by atoms with van der Waals surface area (Å²) >= 11 is 0. The minimum absolute atomic E-state index is 0.103. The van der Waals surface area contributed by atoms with E-state index in [-0.39, 0.29) is 29.9 Å². The first-order valence-electron chi connectivity index (χ1n) is 16.4. The lowest BCUT2D eigenvalue weighted by Gasteiger charge is -2.29. The van der Waals surface area contributed by atoms with E-state index in [4.69, 9.17) is 0 Å². The third kappa shape index (κ3) is 15.0. The fraction of sp³-hybridized carbons (Fsp3) is 0.688. The molecule has 0 aromatic carbocycles. The van der Waals surface area contributed by atoms with Gasteiger partial charge >= 0.3 is 0 Å². The van der Waals surface area contributed by atoms with Crippen LogP contribution in [0.4, 0.5) is 0 Å². The summed E-state index contributed by atoms with van der Waals surface area (Å²) in [5.41, 5.74) is 0.143. The zero-order valence-corrected chi connectivity index (χ0v) is 30.4. The van der Waals surface area contributed by atoms with E-state index in [0.29, 0.717) is 24.1 Å². The zero-order chi connectivity index (χ0) is 36.8. The molecular formula is C32H55N7O8S. The number of hydrogen-bond acceptors (Lipinski definition) is 9. The maximum atomic E-state index is 13.6. The molecule has 48 heavy (non-hydrogen) atoms. The van der Waals surface area contributed by atoms with Gasteiger partial charge in [0.15, 0.2) is 12.4 Å². The predicted octanol–water partition coefficient (Wildman–Crippen LogP) is -0.220. The highest BCUT2D eigenvalue weighted by Gasteiger charge is 2.33. The van der Waals surface area contributed by atoms with Crippen molar-refractivity contribution in [1.29, 1.82) is 0 Å². The Morgan fingerprint density at radius 3 is 1.92 bits per heavy atom. The lowest BCUT2D eigenvalue weighted by Crippen LogP contribution is -2.59. The summed E-state index contributed by atoms with van der Waals surface area (Å²) in [5, 5.41) is 27.9. The van der Waals surface area contributed by atoms with Crippen molar-refractivity contribution in [3.8, 4) is 0 Å². The number of hydrogen-bond donors (Lipinski definition) is 6. The average molecular weight is 698 g/mol. The molecule has 0 spiro atoms. The van der Waals surface area contributed by atoms with Gasteiger partial charge in [-0.05, 0) is 38.0 Å². The summed E-state index contributed by atoms with van der Waals surface area (Å²) in [6.07, 6.45) is 4.18. The van der Waals surface area contributed by atoms with Gasteiger partial charge in [0.05, 0.1) is 17.4 Å². The van der Waals surface area contributed by atoms with Gasteiger partial charge in [-0.25, -0.2) is 8.42 Å². The Hall–Kier alpha value is -3.79. The van der Waals surface area contributed by atoms with Crippen LogP contribution in [-0.4, -0.2) is 93.3 Å². The standard InChI is InChI=1S/C32H55N7O8S/c1-10-21(7)27(38-29(41)23-12-14-39(45)15-13-23)32(44)36-25(18-48(9,46)47)30(42)35-24(16-19(3)4)17-34-22(8)28(40)37-26(20(5)6)31(43)33-11-2/h12-15,19-22,24-27,34H,10-11,16-18H2,1-9H3,(H,33,43)(H,35,42)(H,36,44)(H,37,40)(H,38,41)/t21-,22-,24-,25?,26-,27-/m0/s1. The van der Waals surface area contributed by atoms with Gasteiger partial charge in [0.25, 0.3) is 5.91 Å². The van der Waals surface area contributed by atoms with Crippen LogP contribution in [0.5, 0.6) is 0 Å². The van der Waals surface area contributed by atoms with Crippen LogP contribution in [0.3, 0.4) is 0 Å². The molecule has 1 heterocycles. The molecule has 1 aromatic rings. The van der Waals surface area contributed by atoms with Crippen LogP contribution < -0.4 is 36.6 Å². The van der Waals surface area contributed by atoms with E-state index in [0.717, 1.165) is 18.6 Å². The lowest BCUT2D eigenvalue weighted by molar-refractivity contribution is -0.605. The van der Waals surface area contributed by atoms with Crippen molar-refractivity contribution in [1.82, 2.24) is 31.9 Å². The van der Waals surface area contributed by atoms with Crippen LogP contribution in [0.1, 0.15) is 78.6 Å². The van der Waals surface area contributed by atoms with Gasteiger partial charge in [0.2, 0.25) is 23.6 Å². The predicted molar refractivity (Wildman–Crippen MR) is 182 cm³/mol. The maximum absolute atomic E-state index is 13.6. The molecule has 0 fully saturated rings. The van der Waals surface area contributed by atoms with Crippen LogP contribution >= 0.6 is 0 Å². The zero-order valence-electron chi connectivity index (χ0n) is 29.6. The van der Waals surface area contributed by atoms with E-state index in [9.17, 15) is 37.6 Å². The van der Waals surface area contributed by atoms with Crippen LogP contribution in [0.25, 0.3) is 0 Å². The molecule has 1 unspecified atom stereocenters. The van der Waals surface area contributed by atoms with E-state index in [2.05, 4.69) is 31.9 Å². The highest BCUT2D eigenvalue weighted by molar-refractivity contribution is 7.90. The molecule has 1 aromatic heterocycles. The van der Waals surface area contributed by atoms with Crippen LogP contribution in [0.2, 0.25) is 0 Å². The van der Waals surface area contributed by atoms with Crippen LogP contribution in [-0.2, 0) is 29.0 Å². The lowest BCUT2D eigenvalue weighted by atomic mass is 9.97. The highest BCUT2D eigenvalue weighted by Crippen LogP contribution is 2.11. The molecule has 15 nitrogen and oxygen atoms in total. The number of aromatic nitrogens is 1. The smallest absolute Gasteiger partial charge is 0.252 e. The molecule has 0 radical (unpaired) electrons. The summed E-state index contributed by atoms with van der Waals surface area (Å²) in [6.45, 7) is 15.0. The molecule has 16 heteroatoms. The second-order valence-electron chi connectivity index (χ2n) is 13.0. The normalized spacial score (nSPS) is 15.4. The second-order valence-corrected chi connectivity index (χ2v) is 15.2. The largest absolute Gasteiger partial charge is 0.619 e. The third-order valence-corrected chi connectivity index (χ3v) is 8.65. The van der Waals surface area contributed by atoms with E-state index in [1.807, 2.05) is 34.6 Å². The van der Waals surface area contributed by atoms with Gasteiger partial charge in [0.1, 0.15) is 28.0 Å². The van der Waals surface area contributed by atoms with Crippen LogP contribution in [0, 0.1) is 23.0 Å². The minimum Gasteiger partial charge on any atom is -0.619 e. The molecule has 6 N–H and O–H groups in total. The van der Waals surface area contributed by atoms with E-state index in [1.165, 1.54) is 12.1 Å². The highest BCUT2D eigenvalue weighted by atomic mass is 32.2. The monoisotopic (exact) mass is 697 g/mol. The number of nitrogens with one attached hydrogen (secondary N) is 6. The summed E-state index contributed by atoms with van der Waals surface area (Å²) in [7, 11) is -3.76. The van der Waals surface area contributed by atoms with Crippen molar-refractivity contribution in [3.63, 3.8) is 0 Å². The number of likely N-dealkylation sites (N-methyl/N-ethyl adjacent to an activating group) is 1. The Morgan fingerprint density at radius 1 is 0.812 bits per heavy atom. The molecule has 1 rings (SSSR count). The Kier molecular flexibility index (Phi) is 17.5. The van der Waals surface area contributed by atoms with Gasteiger partial charge in [-0.2, -0.15) is 4.73 Å². The average Bonchev–Trinajstić information content (AvgIpc) is 2.99. The number of sulfone groups is 1. The molecule has 0 aliphatic carbocycles. The second kappa shape index (κ2) is 19.9. The van der Waals surface area contributed by atoms with E-state index in [1.54, 1.807) is 20.8 Å². The molecule has 272 valence electrons. The number of carbonyl (C=O) groups is 5. The number of nitrogens with zero attached hydrogens (tertiary/aromatic N) is 1. The third-order valence-electron chi connectivity index (χ3n) is 7.71. The Labute approximate surface area is 284 Å². The molecule has 0 aliphatic heterocycles. The first kappa shape index (κ1) is 42.2. The number of pyridine rings is 1. The van der Waals surface area contributed by atoms with E-state index < -0.39 is 75.3 Å². The molecule has 5 amide bonds. The number of amides is 5. The van der Waals surface area contributed by atoms with Crippen molar-refractivity contribution >= 4 is 39.4 Å². The Bertz CT molecular complexity index is 1340. The molecule has 0 saturated carbocycles. The molecule has 0 aliphatic rings. The van der Waals surface area contributed by atoms with Crippen molar-refractivity contribution in [2.24, 2.45) is 17.8 Å². The minimum atomic E-state index is -3.76. The van der Waals surface area contributed by atoms with Gasteiger partial charge in [0, 0.05) is 37.5 Å². The van der Waals surface area contributed by atoms with Gasteiger partial charge < -0.3 is 37.1 Å².